The number of imide groups is 1. The molecule has 1 saturated heterocycles. The van der Waals surface area contributed by atoms with E-state index in [4.69, 9.17) is 5.73 Å². The van der Waals surface area contributed by atoms with Crippen molar-refractivity contribution in [1.82, 2.24) is 10.2 Å². The second-order valence-electron chi connectivity index (χ2n) is 5.62. The van der Waals surface area contributed by atoms with Gasteiger partial charge in [-0.3, -0.25) is 24.6 Å². The zero-order valence-corrected chi connectivity index (χ0v) is 12.7. The normalized spacial score (nSPS) is 21.1. The van der Waals surface area contributed by atoms with E-state index in [0.717, 1.165) is 12.8 Å². The molecule has 0 saturated carbocycles. The molecule has 1 aliphatic heterocycles. The third kappa shape index (κ3) is 3.36. The van der Waals surface area contributed by atoms with Gasteiger partial charge in [0, 0.05) is 6.04 Å². The molecule has 2 atom stereocenters. The van der Waals surface area contributed by atoms with Crippen molar-refractivity contribution in [3.63, 3.8) is 0 Å². The van der Waals surface area contributed by atoms with Crippen molar-refractivity contribution in [3.05, 3.63) is 0 Å². The zero-order valence-electron chi connectivity index (χ0n) is 12.7. The van der Waals surface area contributed by atoms with Crippen LogP contribution in [-0.4, -0.2) is 40.7 Å². The van der Waals surface area contributed by atoms with E-state index in [1.54, 1.807) is 0 Å². The SMILES string of the molecule is CCC(CC)N1C(=O)CC(NC(C(N)=O)C(C)C)C1=O. The lowest BCUT2D eigenvalue weighted by atomic mass is 10.0. The number of nitrogens with two attached hydrogens (primary N) is 1. The van der Waals surface area contributed by atoms with Crippen LogP contribution in [0.4, 0.5) is 0 Å². The van der Waals surface area contributed by atoms with Crippen LogP contribution in [0.2, 0.25) is 0 Å². The molecule has 0 spiro atoms. The number of nitrogens with zero attached hydrogens (tertiary/aromatic N) is 1. The Kier molecular flexibility index (Phi) is 5.68. The van der Waals surface area contributed by atoms with Crippen LogP contribution in [0, 0.1) is 5.92 Å². The highest BCUT2D eigenvalue weighted by Crippen LogP contribution is 2.21. The fourth-order valence-corrected chi connectivity index (χ4v) is 2.64. The van der Waals surface area contributed by atoms with Crippen LogP contribution < -0.4 is 11.1 Å². The molecular formula is C14H25N3O3. The van der Waals surface area contributed by atoms with E-state index in [1.165, 1.54) is 4.90 Å². The molecule has 2 unspecified atom stereocenters. The number of nitrogens with one attached hydrogen (secondary N) is 1. The van der Waals surface area contributed by atoms with Crippen LogP contribution in [-0.2, 0) is 14.4 Å². The number of rotatable bonds is 7. The van der Waals surface area contributed by atoms with Crippen molar-refractivity contribution >= 4 is 17.7 Å². The highest BCUT2D eigenvalue weighted by Gasteiger charge is 2.42. The maximum absolute atomic E-state index is 12.3. The highest BCUT2D eigenvalue weighted by atomic mass is 16.2. The first-order chi connectivity index (χ1) is 9.33. The van der Waals surface area contributed by atoms with E-state index in [-0.39, 0.29) is 30.2 Å². The van der Waals surface area contributed by atoms with Gasteiger partial charge >= 0.3 is 0 Å². The molecule has 0 aromatic rings. The quantitative estimate of drug-likeness (QED) is 0.662. The molecule has 0 bridgehead atoms. The van der Waals surface area contributed by atoms with Crippen LogP contribution in [0.5, 0.6) is 0 Å². The number of hydrogen-bond acceptors (Lipinski definition) is 4. The first kappa shape index (κ1) is 16.6. The number of primary amides is 1. The molecular weight excluding hydrogens is 258 g/mol. The molecule has 1 rings (SSSR count). The summed E-state index contributed by atoms with van der Waals surface area (Å²) >= 11 is 0. The van der Waals surface area contributed by atoms with Gasteiger partial charge in [0.05, 0.1) is 18.5 Å². The van der Waals surface area contributed by atoms with E-state index in [1.807, 2.05) is 27.7 Å². The summed E-state index contributed by atoms with van der Waals surface area (Å²) in [5.74, 6) is -0.942. The Morgan fingerprint density at radius 1 is 1.35 bits per heavy atom. The summed E-state index contributed by atoms with van der Waals surface area (Å²) in [5.41, 5.74) is 5.33. The lowest BCUT2D eigenvalue weighted by molar-refractivity contribution is -0.141. The summed E-state index contributed by atoms with van der Waals surface area (Å²) in [6, 6.07) is -1.30. The van der Waals surface area contributed by atoms with Crippen molar-refractivity contribution in [2.45, 2.75) is 65.1 Å². The molecule has 6 nitrogen and oxygen atoms in total. The van der Waals surface area contributed by atoms with Gasteiger partial charge in [-0.25, -0.2) is 0 Å². The molecule has 0 radical (unpaired) electrons. The van der Waals surface area contributed by atoms with Crippen LogP contribution >= 0.6 is 0 Å². The predicted molar refractivity (Wildman–Crippen MR) is 75.6 cm³/mol. The third-order valence-electron chi connectivity index (χ3n) is 3.84. The fraction of sp³-hybridized carbons (Fsp3) is 0.786. The van der Waals surface area contributed by atoms with Crippen LogP contribution in [0.1, 0.15) is 47.0 Å². The standard InChI is InChI=1S/C14H25N3O3/c1-5-9(6-2)17-11(18)7-10(14(17)20)16-12(8(3)4)13(15)19/h8-10,12,16H,5-7H2,1-4H3,(H2,15,19). The Bertz CT molecular complexity index is 391. The van der Waals surface area contributed by atoms with Gasteiger partial charge in [-0.15, -0.1) is 0 Å². The lowest BCUT2D eigenvalue weighted by Gasteiger charge is -2.26. The molecule has 0 aliphatic carbocycles. The van der Waals surface area contributed by atoms with Gasteiger partial charge in [0.2, 0.25) is 17.7 Å². The van der Waals surface area contributed by atoms with Crippen molar-refractivity contribution in [2.75, 3.05) is 0 Å². The summed E-state index contributed by atoms with van der Waals surface area (Å²) in [4.78, 5) is 37.1. The largest absolute Gasteiger partial charge is 0.368 e. The average molecular weight is 283 g/mol. The fourth-order valence-electron chi connectivity index (χ4n) is 2.64. The van der Waals surface area contributed by atoms with E-state index in [2.05, 4.69) is 5.32 Å². The van der Waals surface area contributed by atoms with Crippen LogP contribution in [0.15, 0.2) is 0 Å². The highest BCUT2D eigenvalue weighted by molar-refractivity contribution is 6.06. The lowest BCUT2D eigenvalue weighted by Crippen LogP contribution is -2.52. The number of hydrogen-bond donors (Lipinski definition) is 2. The van der Waals surface area contributed by atoms with Gasteiger partial charge in [-0.2, -0.15) is 0 Å². The zero-order chi connectivity index (χ0) is 15.4. The van der Waals surface area contributed by atoms with E-state index in [0.29, 0.717) is 0 Å². The third-order valence-corrected chi connectivity index (χ3v) is 3.84. The van der Waals surface area contributed by atoms with Crippen molar-refractivity contribution in [2.24, 2.45) is 11.7 Å². The second-order valence-corrected chi connectivity index (χ2v) is 5.62. The van der Waals surface area contributed by atoms with Crippen molar-refractivity contribution in [1.29, 1.82) is 0 Å². The first-order valence-corrected chi connectivity index (χ1v) is 7.24. The topological polar surface area (TPSA) is 92.5 Å². The molecule has 3 N–H and O–H groups in total. The molecule has 3 amide bonds. The summed E-state index contributed by atoms with van der Waals surface area (Å²) in [7, 11) is 0. The predicted octanol–water partition coefficient (Wildman–Crippen LogP) is 0.402. The summed E-state index contributed by atoms with van der Waals surface area (Å²) in [6.45, 7) is 7.61. The minimum absolute atomic E-state index is 0.0300. The molecule has 1 heterocycles. The van der Waals surface area contributed by atoms with Gasteiger partial charge in [-0.1, -0.05) is 27.7 Å². The monoisotopic (exact) mass is 283 g/mol. The van der Waals surface area contributed by atoms with E-state index >= 15 is 0 Å². The maximum atomic E-state index is 12.3. The van der Waals surface area contributed by atoms with Gasteiger partial charge < -0.3 is 5.73 Å². The average Bonchev–Trinajstić information content (AvgIpc) is 2.64. The van der Waals surface area contributed by atoms with Crippen LogP contribution in [0.3, 0.4) is 0 Å². The minimum atomic E-state index is -0.636. The second kappa shape index (κ2) is 6.83. The Labute approximate surface area is 120 Å². The Hall–Kier alpha value is -1.43. The molecule has 0 aromatic heterocycles. The maximum Gasteiger partial charge on any atom is 0.247 e. The van der Waals surface area contributed by atoms with Crippen molar-refractivity contribution in [3.8, 4) is 0 Å². The number of carbonyl (C=O) groups excluding carboxylic acids is 3. The van der Waals surface area contributed by atoms with Gasteiger partial charge in [0.25, 0.3) is 0 Å². The minimum Gasteiger partial charge on any atom is -0.368 e. The Balaban J connectivity index is 2.82. The van der Waals surface area contributed by atoms with Crippen LogP contribution in [0.25, 0.3) is 0 Å². The first-order valence-electron chi connectivity index (χ1n) is 7.24. The summed E-state index contributed by atoms with van der Waals surface area (Å²) in [6.07, 6.45) is 1.58. The Morgan fingerprint density at radius 2 is 1.90 bits per heavy atom. The molecule has 1 fully saturated rings. The molecule has 6 heteroatoms. The molecule has 114 valence electrons. The van der Waals surface area contributed by atoms with Gasteiger partial charge in [0.15, 0.2) is 0 Å². The van der Waals surface area contributed by atoms with Gasteiger partial charge in [0.1, 0.15) is 0 Å². The molecule has 0 aromatic carbocycles. The van der Waals surface area contributed by atoms with E-state index < -0.39 is 18.0 Å². The van der Waals surface area contributed by atoms with E-state index in [9.17, 15) is 14.4 Å². The van der Waals surface area contributed by atoms with Crippen molar-refractivity contribution < 1.29 is 14.4 Å². The Morgan fingerprint density at radius 3 is 2.30 bits per heavy atom. The molecule has 1 aliphatic rings. The number of amides is 3. The van der Waals surface area contributed by atoms with Gasteiger partial charge in [-0.05, 0) is 18.8 Å². The smallest absolute Gasteiger partial charge is 0.247 e. The summed E-state index contributed by atoms with van der Waals surface area (Å²) in [5, 5.41) is 2.94. The number of likely N-dealkylation sites (tertiary alicyclic amines) is 1. The molecule has 20 heavy (non-hydrogen) atoms. The number of carbonyl (C=O) groups is 3. The summed E-state index contributed by atoms with van der Waals surface area (Å²) < 4.78 is 0.